The van der Waals surface area contributed by atoms with Crippen molar-refractivity contribution in [2.75, 3.05) is 0 Å². The van der Waals surface area contributed by atoms with E-state index >= 15 is 0 Å². The van der Waals surface area contributed by atoms with Crippen molar-refractivity contribution in [1.29, 1.82) is 0 Å². The van der Waals surface area contributed by atoms with E-state index in [2.05, 4.69) is 15.5 Å². The quantitative estimate of drug-likeness (QED) is 0.849. The first-order chi connectivity index (χ1) is 11.7. The molecule has 5 heteroatoms. The van der Waals surface area contributed by atoms with Crippen molar-refractivity contribution in [3.8, 4) is 0 Å². The Hall–Kier alpha value is -2.82. The van der Waals surface area contributed by atoms with E-state index in [1.807, 2.05) is 54.6 Å². The van der Waals surface area contributed by atoms with Crippen molar-refractivity contribution in [3.05, 3.63) is 60.2 Å². The fourth-order valence-electron chi connectivity index (χ4n) is 2.69. The number of hydrogen-bond acceptors (Lipinski definition) is 4. The van der Waals surface area contributed by atoms with Gasteiger partial charge >= 0.3 is 0 Å². The zero-order valence-electron chi connectivity index (χ0n) is 13.3. The second-order valence-electron chi connectivity index (χ2n) is 5.86. The van der Waals surface area contributed by atoms with Crippen LogP contribution in [0.5, 0.6) is 0 Å². The van der Waals surface area contributed by atoms with Crippen LogP contribution < -0.4 is 5.32 Å². The molecule has 0 saturated heterocycles. The van der Waals surface area contributed by atoms with E-state index in [-0.39, 0.29) is 24.2 Å². The van der Waals surface area contributed by atoms with Gasteiger partial charge in [0.15, 0.2) is 5.78 Å². The van der Waals surface area contributed by atoms with Crippen molar-refractivity contribution >= 4 is 23.1 Å². The molecule has 1 saturated carbocycles. The molecule has 1 N–H and O–H groups in total. The molecule has 1 fully saturated rings. The second kappa shape index (κ2) is 7.64. The van der Waals surface area contributed by atoms with Crippen LogP contribution in [0, 0.1) is 0 Å². The molecule has 0 spiro atoms. The van der Waals surface area contributed by atoms with Gasteiger partial charge in [0.05, 0.1) is 23.8 Å². The Morgan fingerprint density at radius 1 is 1.00 bits per heavy atom. The van der Waals surface area contributed by atoms with E-state index < -0.39 is 0 Å². The first kappa shape index (κ1) is 16.1. The largest absolute Gasteiger partial charge is 0.346 e. The van der Waals surface area contributed by atoms with Crippen LogP contribution in [-0.4, -0.2) is 17.7 Å². The molecule has 0 bridgehead atoms. The van der Waals surface area contributed by atoms with Gasteiger partial charge in [0.1, 0.15) is 0 Å². The number of amides is 1. The average molecular weight is 321 g/mol. The lowest BCUT2D eigenvalue weighted by molar-refractivity contribution is -0.126. The fourth-order valence-corrected chi connectivity index (χ4v) is 2.69. The summed E-state index contributed by atoms with van der Waals surface area (Å²) in [5.41, 5.74) is 2.41. The maximum absolute atomic E-state index is 12.0. The monoisotopic (exact) mass is 321 g/mol. The molecular weight excluding hydrogens is 302 g/mol. The Labute approximate surface area is 140 Å². The number of ketones is 1. The number of nitrogens with zero attached hydrogens (tertiary/aromatic N) is 2. The highest BCUT2D eigenvalue weighted by Crippen LogP contribution is 2.19. The van der Waals surface area contributed by atoms with Gasteiger partial charge in [-0.15, -0.1) is 0 Å². The normalized spacial score (nSPS) is 17.3. The summed E-state index contributed by atoms with van der Waals surface area (Å²) in [6, 6.07) is 16.6. The number of carbonyl (C=O) groups is 2. The number of Topliss-reactive ketones (excluding diaryl/α,β-unsaturated/α-hetero) is 1. The molecule has 24 heavy (non-hydrogen) atoms. The fraction of sp³-hybridized carbons (Fsp3) is 0.263. The third-order valence-corrected chi connectivity index (χ3v) is 3.98. The maximum atomic E-state index is 12.0. The minimum atomic E-state index is -0.295. The van der Waals surface area contributed by atoms with Crippen LogP contribution >= 0.6 is 0 Å². The summed E-state index contributed by atoms with van der Waals surface area (Å²) >= 11 is 0. The number of benzene rings is 2. The Morgan fingerprint density at radius 2 is 1.67 bits per heavy atom. The van der Waals surface area contributed by atoms with E-state index in [9.17, 15) is 9.59 Å². The van der Waals surface area contributed by atoms with Gasteiger partial charge in [-0.3, -0.25) is 9.59 Å². The lowest BCUT2D eigenvalue weighted by Crippen LogP contribution is -2.38. The lowest BCUT2D eigenvalue weighted by atomic mass is 10.1. The third-order valence-electron chi connectivity index (χ3n) is 3.98. The van der Waals surface area contributed by atoms with Crippen LogP contribution in [0.4, 0.5) is 11.4 Å². The molecule has 0 unspecified atom stereocenters. The Balaban J connectivity index is 1.55. The summed E-state index contributed by atoms with van der Waals surface area (Å²) < 4.78 is 0. The van der Waals surface area contributed by atoms with E-state index in [1.54, 1.807) is 0 Å². The van der Waals surface area contributed by atoms with Crippen LogP contribution in [0.1, 0.15) is 24.8 Å². The van der Waals surface area contributed by atoms with Gasteiger partial charge in [-0.25, -0.2) is 0 Å². The van der Waals surface area contributed by atoms with Gasteiger partial charge in [0.25, 0.3) is 0 Å². The van der Waals surface area contributed by atoms with E-state index in [0.717, 1.165) is 29.8 Å². The molecule has 0 aromatic heterocycles. The molecule has 0 aliphatic heterocycles. The van der Waals surface area contributed by atoms with Crippen molar-refractivity contribution in [1.82, 2.24) is 5.32 Å². The van der Waals surface area contributed by atoms with Gasteiger partial charge < -0.3 is 5.32 Å². The van der Waals surface area contributed by atoms with E-state index in [0.29, 0.717) is 6.42 Å². The zero-order chi connectivity index (χ0) is 16.8. The molecule has 3 rings (SSSR count). The first-order valence-electron chi connectivity index (χ1n) is 8.08. The maximum Gasteiger partial charge on any atom is 0.224 e. The van der Waals surface area contributed by atoms with Crippen LogP contribution in [0.15, 0.2) is 64.8 Å². The SMILES string of the molecule is O=C(Cc1ccc(N=Nc2ccccc2)cc1)N[C@@H]1CCCC1=O. The topological polar surface area (TPSA) is 70.9 Å². The minimum Gasteiger partial charge on any atom is -0.346 e. The summed E-state index contributed by atoms with van der Waals surface area (Å²) in [6.07, 6.45) is 2.46. The number of azo groups is 1. The standard InChI is InChI=1S/C19H19N3O2/c23-18-8-4-7-17(18)20-19(24)13-14-9-11-16(12-10-14)22-21-15-5-2-1-3-6-15/h1-3,5-6,9-12,17H,4,7-8,13H2,(H,20,24)/t17-/m1/s1. The van der Waals surface area contributed by atoms with Crippen molar-refractivity contribution in [3.63, 3.8) is 0 Å². The smallest absolute Gasteiger partial charge is 0.224 e. The summed E-state index contributed by atoms with van der Waals surface area (Å²) in [6.45, 7) is 0. The highest BCUT2D eigenvalue weighted by molar-refractivity contribution is 5.91. The van der Waals surface area contributed by atoms with Gasteiger partial charge in [0, 0.05) is 6.42 Å². The zero-order valence-corrected chi connectivity index (χ0v) is 13.3. The first-order valence-corrected chi connectivity index (χ1v) is 8.08. The van der Waals surface area contributed by atoms with Crippen molar-refractivity contribution < 1.29 is 9.59 Å². The Kier molecular flexibility index (Phi) is 5.11. The molecule has 2 aromatic rings. The summed E-state index contributed by atoms with van der Waals surface area (Å²) in [5, 5.41) is 11.1. The highest BCUT2D eigenvalue weighted by atomic mass is 16.2. The molecule has 1 aliphatic rings. The van der Waals surface area contributed by atoms with Gasteiger partial charge in [0.2, 0.25) is 5.91 Å². The lowest BCUT2D eigenvalue weighted by Gasteiger charge is -2.10. The molecule has 2 aromatic carbocycles. The van der Waals surface area contributed by atoms with Crippen molar-refractivity contribution in [2.24, 2.45) is 10.2 Å². The average Bonchev–Trinajstić information content (AvgIpc) is 3.00. The van der Waals surface area contributed by atoms with E-state index in [1.165, 1.54) is 0 Å². The van der Waals surface area contributed by atoms with Crippen LogP contribution in [0.3, 0.4) is 0 Å². The number of carbonyl (C=O) groups excluding carboxylic acids is 2. The molecular formula is C19H19N3O2. The van der Waals surface area contributed by atoms with Gasteiger partial charge in [-0.05, 0) is 42.7 Å². The predicted molar refractivity (Wildman–Crippen MR) is 91.6 cm³/mol. The molecule has 0 heterocycles. The minimum absolute atomic E-state index is 0.117. The molecule has 122 valence electrons. The molecule has 0 radical (unpaired) electrons. The molecule has 1 amide bonds. The predicted octanol–water partition coefficient (Wildman–Crippen LogP) is 3.88. The highest BCUT2D eigenvalue weighted by Gasteiger charge is 2.25. The Bertz CT molecular complexity index is 739. The van der Waals surface area contributed by atoms with Crippen LogP contribution in [0.25, 0.3) is 0 Å². The summed E-state index contributed by atoms with van der Waals surface area (Å²) in [4.78, 5) is 23.6. The number of nitrogens with one attached hydrogen (secondary N) is 1. The summed E-state index contributed by atoms with van der Waals surface area (Å²) in [5.74, 6) is 0.0222. The molecule has 1 atom stereocenters. The molecule has 1 aliphatic carbocycles. The van der Waals surface area contributed by atoms with Crippen LogP contribution in [0.2, 0.25) is 0 Å². The summed E-state index contributed by atoms with van der Waals surface area (Å²) in [7, 11) is 0. The number of hydrogen-bond donors (Lipinski definition) is 1. The van der Waals surface area contributed by atoms with Gasteiger partial charge in [-0.1, -0.05) is 30.3 Å². The second-order valence-corrected chi connectivity index (χ2v) is 5.86. The van der Waals surface area contributed by atoms with E-state index in [4.69, 9.17) is 0 Å². The Morgan fingerprint density at radius 3 is 2.29 bits per heavy atom. The van der Waals surface area contributed by atoms with Crippen LogP contribution in [-0.2, 0) is 16.0 Å². The van der Waals surface area contributed by atoms with Gasteiger partial charge in [-0.2, -0.15) is 10.2 Å². The third kappa shape index (κ3) is 4.35. The van der Waals surface area contributed by atoms with Crippen molar-refractivity contribution in [2.45, 2.75) is 31.7 Å². The molecule has 5 nitrogen and oxygen atoms in total. The number of rotatable bonds is 5.